The number of ether oxygens (including phenoxy) is 3. The van der Waals surface area contributed by atoms with E-state index in [0.29, 0.717) is 40.9 Å². The third-order valence-electron chi connectivity index (χ3n) is 4.13. The van der Waals surface area contributed by atoms with Gasteiger partial charge < -0.3 is 24.8 Å². The van der Waals surface area contributed by atoms with Gasteiger partial charge in [-0.1, -0.05) is 12.1 Å². The van der Waals surface area contributed by atoms with E-state index in [9.17, 15) is 4.79 Å². The number of para-hydroxylation sites is 2. The number of aromatic nitrogens is 1. The summed E-state index contributed by atoms with van der Waals surface area (Å²) in [5, 5.41) is 6.03. The first-order chi connectivity index (χ1) is 14.1. The van der Waals surface area contributed by atoms with Crippen LogP contribution in [-0.2, 0) is 0 Å². The van der Waals surface area contributed by atoms with Gasteiger partial charge in [-0.15, -0.1) is 0 Å². The van der Waals surface area contributed by atoms with Gasteiger partial charge in [-0.2, -0.15) is 0 Å². The van der Waals surface area contributed by atoms with E-state index in [1.807, 2.05) is 37.3 Å². The van der Waals surface area contributed by atoms with E-state index in [1.54, 1.807) is 38.5 Å². The summed E-state index contributed by atoms with van der Waals surface area (Å²) in [6.07, 6.45) is 1.51. The third-order valence-corrected chi connectivity index (χ3v) is 4.13. The maximum absolute atomic E-state index is 12.6. The Morgan fingerprint density at radius 2 is 1.79 bits per heavy atom. The minimum Gasteiger partial charge on any atom is -0.497 e. The molecule has 0 aliphatic heterocycles. The van der Waals surface area contributed by atoms with Gasteiger partial charge in [-0.3, -0.25) is 4.79 Å². The smallest absolute Gasteiger partial charge is 0.257 e. The monoisotopic (exact) mass is 393 g/mol. The number of hydrogen-bond donors (Lipinski definition) is 2. The zero-order valence-electron chi connectivity index (χ0n) is 16.6. The first kappa shape index (κ1) is 20.0. The molecule has 0 radical (unpaired) electrons. The molecular weight excluding hydrogens is 370 g/mol. The molecule has 29 heavy (non-hydrogen) atoms. The highest BCUT2D eigenvalue weighted by molar-refractivity contribution is 6.04. The van der Waals surface area contributed by atoms with E-state index in [1.165, 1.54) is 6.20 Å². The van der Waals surface area contributed by atoms with Crippen LogP contribution < -0.4 is 24.8 Å². The van der Waals surface area contributed by atoms with E-state index in [0.717, 1.165) is 5.69 Å². The number of rotatable bonds is 8. The summed E-state index contributed by atoms with van der Waals surface area (Å²) in [6, 6.07) is 16.2. The minimum atomic E-state index is -0.266. The van der Waals surface area contributed by atoms with Gasteiger partial charge >= 0.3 is 0 Å². The summed E-state index contributed by atoms with van der Waals surface area (Å²) >= 11 is 0. The number of nitrogens with zero attached hydrogens (tertiary/aromatic N) is 1. The van der Waals surface area contributed by atoms with Crippen molar-refractivity contribution in [1.82, 2.24) is 4.98 Å². The Balaban J connectivity index is 1.71. The van der Waals surface area contributed by atoms with Gasteiger partial charge in [0, 0.05) is 12.3 Å². The lowest BCUT2D eigenvalue weighted by molar-refractivity contribution is 0.102. The molecule has 0 fully saturated rings. The molecule has 7 heteroatoms. The summed E-state index contributed by atoms with van der Waals surface area (Å²) in [5.74, 6) is 2.26. The molecule has 1 amide bonds. The molecule has 3 rings (SSSR count). The summed E-state index contributed by atoms with van der Waals surface area (Å²) in [6.45, 7) is 2.41. The van der Waals surface area contributed by atoms with Gasteiger partial charge in [-0.05, 0) is 43.3 Å². The molecule has 0 atom stereocenters. The Morgan fingerprint density at radius 3 is 2.48 bits per heavy atom. The normalized spacial score (nSPS) is 10.2. The van der Waals surface area contributed by atoms with Crippen LogP contribution in [0, 0.1) is 0 Å². The number of methoxy groups -OCH3 is 2. The molecule has 0 unspecified atom stereocenters. The summed E-state index contributed by atoms with van der Waals surface area (Å²) < 4.78 is 16.1. The highest BCUT2D eigenvalue weighted by Gasteiger charge is 2.11. The number of benzene rings is 2. The highest BCUT2D eigenvalue weighted by atomic mass is 16.5. The van der Waals surface area contributed by atoms with Crippen molar-refractivity contribution in [2.24, 2.45) is 0 Å². The van der Waals surface area contributed by atoms with Crippen LogP contribution in [0.15, 0.2) is 60.8 Å². The van der Waals surface area contributed by atoms with Gasteiger partial charge in [-0.25, -0.2) is 4.98 Å². The fourth-order valence-corrected chi connectivity index (χ4v) is 2.69. The van der Waals surface area contributed by atoms with E-state index >= 15 is 0 Å². The molecule has 0 spiro atoms. The lowest BCUT2D eigenvalue weighted by Gasteiger charge is -2.13. The molecule has 2 aromatic carbocycles. The van der Waals surface area contributed by atoms with E-state index in [-0.39, 0.29) is 5.91 Å². The van der Waals surface area contributed by atoms with Gasteiger partial charge in [0.25, 0.3) is 5.91 Å². The lowest BCUT2D eigenvalue weighted by Crippen LogP contribution is -2.13. The van der Waals surface area contributed by atoms with Gasteiger partial charge in [0.15, 0.2) is 0 Å². The van der Waals surface area contributed by atoms with Crippen LogP contribution in [0.4, 0.5) is 17.2 Å². The van der Waals surface area contributed by atoms with E-state index in [2.05, 4.69) is 15.6 Å². The second-order valence-corrected chi connectivity index (χ2v) is 6.01. The number of carbonyl (C=O) groups is 1. The van der Waals surface area contributed by atoms with Crippen molar-refractivity contribution in [3.63, 3.8) is 0 Å². The van der Waals surface area contributed by atoms with Crippen LogP contribution in [-0.4, -0.2) is 31.7 Å². The molecule has 0 aliphatic rings. The van der Waals surface area contributed by atoms with Crippen LogP contribution in [0.1, 0.15) is 17.3 Å². The molecule has 0 bridgehead atoms. The average Bonchev–Trinajstić information content (AvgIpc) is 2.76. The average molecular weight is 393 g/mol. The molecule has 0 saturated carbocycles. The van der Waals surface area contributed by atoms with Crippen LogP contribution in [0.2, 0.25) is 0 Å². The van der Waals surface area contributed by atoms with Crippen molar-refractivity contribution in [3.05, 3.63) is 66.4 Å². The summed E-state index contributed by atoms with van der Waals surface area (Å²) in [4.78, 5) is 16.9. The SMILES string of the molecule is CCOc1ccccc1NC(=O)c1ccc(Nc2ccc(OC)cc2OC)nc1. The molecule has 7 nitrogen and oxygen atoms in total. The number of nitrogens with one attached hydrogen (secondary N) is 2. The fourth-order valence-electron chi connectivity index (χ4n) is 2.69. The zero-order valence-corrected chi connectivity index (χ0v) is 16.6. The Hall–Kier alpha value is -3.74. The van der Waals surface area contributed by atoms with Crippen molar-refractivity contribution < 1.29 is 19.0 Å². The maximum Gasteiger partial charge on any atom is 0.257 e. The number of pyridine rings is 1. The molecule has 3 aromatic rings. The molecule has 0 aliphatic carbocycles. The number of amides is 1. The predicted molar refractivity (Wildman–Crippen MR) is 113 cm³/mol. The molecular formula is C22H23N3O4. The summed E-state index contributed by atoms with van der Waals surface area (Å²) in [5.41, 5.74) is 1.79. The first-order valence-electron chi connectivity index (χ1n) is 9.13. The summed E-state index contributed by atoms with van der Waals surface area (Å²) in [7, 11) is 3.18. The van der Waals surface area contributed by atoms with Crippen LogP contribution >= 0.6 is 0 Å². The van der Waals surface area contributed by atoms with Crippen LogP contribution in [0.25, 0.3) is 0 Å². The van der Waals surface area contributed by atoms with E-state index < -0.39 is 0 Å². The third kappa shape index (κ3) is 4.95. The quantitative estimate of drug-likeness (QED) is 0.587. The zero-order chi connectivity index (χ0) is 20.6. The van der Waals surface area contributed by atoms with Crippen molar-refractivity contribution in [2.75, 3.05) is 31.5 Å². The van der Waals surface area contributed by atoms with E-state index in [4.69, 9.17) is 14.2 Å². The van der Waals surface area contributed by atoms with Crippen LogP contribution in [0.5, 0.6) is 17.2 Å². The second kappa shape index (κ2) is 9.45. The standard InChI is InChI=1S/C22H23N3O4/c1-4-29-19-8-6-5-7-17(19)25-22(26)15-9-12-21(23-14-15)24-18-11-10-16(27-2)13-20(18)28-3/h5-14H,4H2,1-3H3,(H,23,24)(H,25,26). The van der Waals surface area contributed by atoms with Gasteiger partial charge in [0.05, 0.1) is 37.8 Å². The van der Waals surface area contributed by atoms with Gasteiger partial charge in [0.1, 0.15) is 23.1 Å². The Labute approximate surface area is 169 Å². The number of hydrogen-bond acceptors (Lipinski definition) is 6. The molecule has 0 saturated heterocycles. The molecule has 1 aromatic heterocycles. The van der Waals surface area contributed by atoms with Crippen molar-refractivity contribution >= 4 is 23.1 Å². The Bertz CT molecular complexity index is 974. The highest BCUT2D eigenvalue weighted by Crippen LogP contribution is 2.31. The second-order valence-electron chi connectivity index (χ2n) is 6.01. The first-order valence-corrected chi connectivity index (χ1v) is 9.13. The maximum atomic E-state index is 12.6. The van der Waals surface area contributed by atoms with Crippen molar-refractivity contribution in [3.8, 4) is 17.2 Å². The van der Waals surface area contributed by atoms with Gasteiger partial charge in [0.2, 0.25) is 0 Å². The molecule has 150 valence electrons. The topological polar surface area (TPSA) is 81.7 Å². The number of carbonyl (C=O) groups excluding carboxylic acids is 1. The van der Waals surface area contributed by atoms with Crippen molar-refractivity contribution in [2.45, 2.75) is 6.92 Å². The minimum absolute atomic E-state index is 0.266. The lowest BCUT2D eigenvalue weighted by atomic mass is 10.2. The largest absolute Gasteiger partial charge is 0.497 e. The molecule has 1 heterocycles. The fraction of sp³-hybridized carbons (Fsp3) is 0.182. The number of anilines is 3. The molecule has 2 N–H and O–H groups in total. The Kier molecular flexibility index (Phi) is 6.52. The Morgan fingerprint density at radius 1 is 0.966 bits per heavy atom. The predicted octanol–water partition coefficient (Wildman–Crippen LogP) is 4.49. The van der Waals surface area contributed by atoms with Crippen LogP contribution in [0.3, 0.4) is 0 Å². The van der Waals surface area contributed by atoms with Crippen molar-refractivity contribution in [1.29, 1.82) is 0 Å².